The second-order valence-corrected chi connectivity index (χ2v) is 3.72. The molecule has 2 N–H and O–H groups in total. The Bertz CT molecular complexity index is 434. The van der Waals surface area contributed by atoms with E-state index in [4.69, 9.17) is 5.26 Å². The third kappa shape index (κ3) is 2.95. The molecule has 0 atom stereocenters. The number of anilines is 1. The van der Waals surface area contributed by atoms with Crippen molar-refractivity contribution < 1.29 is 4.79 Å². The molecule has 2 rings (SSSR count). The number of hydrogen-bond acceptors (Lipinski definition) is 4. The Labute approximate surface area is 93.5 Å². The number of aromatic nitrogens is 1. The van der Waals surface area contributed by atoms with Crippen LogP contribution in [0, 0.1) is 11.3 Å². The molecule has 16 heavy (non-hydrogen) atoms. The number of nitrogens with zero attached hydrogens (tertiary/aromatic N) is 2. The van der Waals surface area contributed by atoms with E-state index in [0.29, 0.717) is 17.6 Å². The summed E-state index contributed by atoms with van der Waals surface area (Å²) in [5, 5.41) is 14.4. The molecule has 0 bridgehead atoms. The molecule has 1 saturated carbocycles. The lowest BCUT2D eigenvalue weighted by Crippen LogP contribution is -2.31. The van der Waals surface area contributed by atoms with Crippen LogP contribution in [-0.4, -0.2) is 23.5 Å². The number of pyridine rings is 1. The molecule has 1 aromatic rings. The van der Waals surface area contributed by atoms with Gasteiger partial charge in [0.05, 0.1) is 6.54 Å². The van der Waals surface area contributed by atoms with E-state index in [1.54, 1.807) is 18.2 Å². The monoisotopic (exact) mass is 216 g/mol. The summed E-state index contributed by atoms with van der Waals surface area (Å²) in [5.41, 5.74) is 0.340. The first-order valence-corrected chi connectivity index (χ1v) is 5.18. The highest BCUT2D eigenvalue weighted by molar-refractivity contribution is 5.80. The lowest BCUT2D eigenvalue weighted by atomic mass is 10.3. The molecule has 0 unspecified atom stereocenters. The standard InChI is InChI=1S/C11H12N4O/c12-6-9-2-1-3-10(14-9)13-7-11(16)15-8-4-5-8/h1-3,8H,4-5,7H2,(H,13,14)(H,15,16). The molecule has 0 aliphatic heterocycles. The lowest BCUT2D eigenvalue weighted by molar-refractivity contribution is -0.119. The summed E-state index contributed by atoms with van der Waals surface area (Å²) >= 11 is 0. The van der Waals surface area contributed by atoms with Crippen LogP contribution in [0.2, 0.25) is 0 Å². The fourth-order valence-corrected chi connectivity index (χ4v) is 1.27. The lowest BCUT2D eigenvalue weighted by Gasteiger charge is -2.05. The van der Waals surface area contributed by atoms with E-state index in [0.717, 1.165) is 12.8 Å². The summed E-state index contributed by atoms with van der Waals surface area (Å²) in [4.78, 5) is 15.4. The molecular formula is C11H12N4O. The van der Waals surface area contributed by atoms with E-state index < -0.39 is 0 Å². The molecule has 0 spiro atoms. The second kappa shape index (κ2) is 4.62. The summed E-state index contributed by atoms with van der Waals surface area (Å²) in [6.45, 7) is 0.193. The fraction of sp³-hybridized carbons (Fsp3) is 0.364. The molecule has 0 radical (unpaired) electrons. The van der Waals surface area contributed by atoms with E-state index in [1.807, 2.05) is 6.07 Å². The summed E-state index contributed by atoms with van der Waals surface area (Å²) < 4.78 is 0. The Morgan fingerprint density at radius 2 is 2.38 bits per heavy atom. The topological polar surface area (TPSA) is 77.8 Å². The minimum Gasteiger partial charge on any atom is -0.361 e. The highest BCUT2D eigenvalue weighted by atomic mass is 16.2. The van der Waals surface area contributed by atoms with Gasteiger partial charge in [0.25, 0.3) is 0 Å². The van der Waals surface area contributed by atoms with E-state index in [-0.39, 0.29) is 12.5 Å². The van der Waals surface area contributed by atoms with Gasteiger partial charge in [-0.05, 0) is 25.0 Å². The van der Waals surface area contributed by atoms with Crippen LogP contribution in [0.5, 0.6) is 0 Å². The highest BCUT2D eigenvalue weighted by Gasteiger charge is 2.22. The van der Waals surface area contributed by atoms with Crippen molar-refractivity contribution in [3.05, 3.63) is 23.9 Å². The molecule has 0 aromatic carbocycles. The van der Waals surface area contributed by atoms with Crippen LogP contribution in [0.4, 0.5) is 5.82 Å². The zero-order valence-corrected chi connectivity index (χ0v) is 8.73. The zero-order chi connectivity index (χ0) is 11.4. The average molecular weight is 216 g/mol. The minimum absolute atomic E-state index is 0.0355. The number of nitrogens with one attached hydrogen (secondary N) is 2. The summed E-state index contributed by atoms with van der Waals surface area (Å²) in [6, 6.07) is 7.39. The van der Waals surface area contributed by atoms with Gasteiger partial charge in [0, 0.05) is 6.04 Å². The predicted molar refractivity (Wildman–Crippen MR) is 58.6 cm³/mol. The van der Waals surface area contributed by atoms with Gasteiger partial charge in [-0.3, -0.25) is 4.79 Å². The Balaban J connectivity index is 1.83. The molecule has 5 heteroatoms. The molecular weight excluding hydrogens is 204 g/mol. The molecule has 0 saturated heterocycles. The minimum atomic E-state index is -0.0355. The molecule has 1 amide bonds. The summed E-state index contributed by atoms with van der Waals surface area (Å²) in [5.74, 6) is 0.511. The SMILES string of the molecule is N#Cc1cccc(NCC(=O)NC2CC2)n1. The Morgan fingerprint density at radius 1 is 1.56 bits per heavy atom. The summed E-state index contributed by atoms with van der Waals surface area (Å²) in [7, 11) is 0. The Morgan fingerprint density at radius 3 is 3.06 bits per heavy atom. The van der Waals surface area contributed by atoms with Crippen LogP contribution in [0.1, 0.15) is 18.5 Å². The van der Waals surface area contributed by atoms with Gasteiger partial charge in [0.15, 0.2) is 0 Å². The highest BCUT2D eigenvalue weighted by Crippen LogP contribution is 2.18. The largest absolute Gasteiger partial charge is 0.361 e. The second-order valence-electron chi connectivity index (χ2n) is 3.72. The number of rotatable bonds is 4. The molecule has 1 aliphatic rings. The van der Waals surface area contributed by atoms with Gasteiger partial charge < -0.3 is 10.6 Å². The molecule has 1 aromatic heterocycles. The number of amides is 1. The molecule has 1 fully saturated rings. The van der Waals surface area contributed by atoms with E-state index in [2.05, 4.69) is 15.6 Å². The van der Waals surface area contributed by atoms with Crippen molar-refractivity contribution in [2.45, 2.75) is 18.9 Å². The Hall–Kier alpha value is -2.09. The molecule has 1 heterocycles. The van der Waals surface area contributed by atoms with Crippen LogP contribution < -0.4 is 10.6 Å². The molecule has 82 valence electrons. The van der Waals surface area contributed by atoms with Crippen LogP contribution >= 0.6 is 0 Å². The van der Waals surface area contributed by atoms with Crippen molar-refractivity contribution in [2.75, 3.05) is 11.9 Å². The van der Waals surface area contributed by atoms with Gasteiger partial charge >= 0.3 is 0 Å². The van der Waals surface area contributed by atoms with Crippen molar-refractivity contribution in [3.63, 3.8) is 0 Å². The van der Waals surface area contributed by atoms with Gasteiger partial charge in [-0.25, -0.2) is 4.98 Å². The van der Waals surface area contributed by atoms with Crippen molar-refractivity contribution in [3.8, 4) is 6.07 Å². The first-order chi connectivity index (χ1) is 7.78. The third-order valence-corrected chi connectivity index (χ3v) is 2.24. The first kappa shape index (κ1) is 10.4. The number of nitriles is 1. The number of hydrogen-bond donors (Lipinski definition) is 2. The first-order valence-electron chi connectivity index (χ1n) is 5.18. The zero-order valence-electron chi connectivity index (χ0n) is 8.73. The smallest absolute Gasteiger partial charge is 0.239 e. The maximum atomic E-state index is 11.4. The quantitative estimate of drug-likeness (QED) is 0.774. The number of carbonyl (C=O) groups excluding carboxylic acids is 1. The van der Waals surface area contributed by atoms with E-state index in [9.17, 15) is 4.79 Å². The van der Waals surface area contributed by atoms with Crippen LogP contribution in [0.15, 0.2) is 18.2 Å². The fourth-order valence-electron chi connectivity index (χ4n) is 1.27. The van der Waals surface area contributed by atoms with Crippen molar-refractivity contribution in [1.82, 2.24) is 10.3 Å². The van der Waals surface area contributed by atoms with Gasteiger partial charge in [-0.15, -0.1) is 0 Å². The molecule has 5 nitrogen and oxygen atoms in total. The number of carbonyl (C=O) groups is 1. The van der Waals surface area contributed by atoms with Crippen molar-refractivity contribution >= 4 is 11.7 Å². The van der Waals surface area contributed by atoms with Crippen molar-refractivity contribution in [2.24, 2.45) is 0 Å². The average Bonchev–Trinajstić information content (AvgIpc) is 3.10. The Kier molecular flexibility index (Phi) is 3.01. The molecule has 1 aliphatic carbocycles. The van der Waals surface area contributed by atoms with Gasteiger partial charge in [0.2, 0.25) is 5.91 Å². The van der Waals surface area contributed by atoms with Crippen LogP contribution in [-0.2, 0) is 4.79 Å². The normalized spacial score (nSPS) is 13.9. The maximum Gasteiger partial charge on any atom is 0.239 e. The maximum absolute atomic E-state index is 11.4. The van der Waals surface area contributed by atoms with Gasteiger partial charge in [0.1, 0.15) is 17.6 Å². The van der Waals surface area contributed by atoms with Gasteiger partial charge in [-0.2, -0.15) is 5.26 Å². The summed E-state index contributed by atoms with van der Waals surface area (Å²) in [6.07, 6.45) is 2.15. The van der Waals surface area contributed by atoms with Gasteiger partial charge in [-0.1, -0.05) is 6.07 Å². The van der Waals surface area contributed by atoms with Crippen molar-refractivity contribution in [1.29, 1.82) is 5.26 Å². The predicted octanol–water partition coefficient (Wildman–Crippen LogP) is 0.644. The van der Waals surface area contributed by atoms with E-state index >= 15 is 0 Å². The third-order valence-electron chi connectivity index (χ3n) is 2.24. The van der Waals surface area contributed by atoms with Crippen LogP contribution in [0.3, 0.4) is 0 Å². The van der Waals surface area contributed by atoms with Crippen LogP contribution in [0.25, 0.3) is 0 Å². The van der Waals surface area contributed by atoms with E-state index in [1.165, 1.54) is 0 Å².